The second kappa shape index (κ2) is 7.70. The van der Waals surface area contributed by atoms with E-state index in [0.717, 1.165) is 29.1 Å². The molecule has 1 fully saturated rings. The van der Waals surface area contributed by atoms with Gasteiger partial charge in [0.25, 0.3) is 5.91 Å². The molecule has 1 N–H and O–H groups in total. The van der Waals surface area contributed by atoms with E-state index in [1.165, 1.54) is 23.9 Å². The molecule has 1 aliphatic heterocycles. The Bertz CT molecular complexity index is 952. The van der Waals surface area contributed by atoms with Crippen LogP contribution in [0.1, 0.15) is 34.9 Å². The number of nitrogens with one attached hydrogen (secondary N) is 1. The van der Waals surface area contributed by atoms with Gasteiger partial charge in [-0.25, -0.2) is 9.37 Å². The molecule has 27 heavy (non-hydrogen) atoms. The molecule has 1 amide bonds. The zero-order valence-electron chi connectivity index (χ0n) is 14.9. The number of hydrogen-bond donors (Lipinski definition) is 1. The number of carbonyl (C=O) groups is 1. The Labute approximate surface area is 160 Å². The molecule has 4 rings (SSSR count). The number of aromatic nitrogens is 2. The lowest BCUT2D eigenvalue weighted by Crippen LogP contribution is -2.36. The van der Waals surface area contributed by atoms with E-state index in [0.29, 0.717) is 12.3 Å². The van der Waals surface area contributed by atoms with Crippen LogP contribution in [-0.2, 0) is 4.74 Å². The highest BCUT2D eigenvalue weighted by Gasteiger charge is 2.30. The summed E-state index contributed by atoms with van der Waals surface area (Å²) in [6, 6.07) is 11.5. The third kappa shape index (κ3) is 3.57. The van der Waals surface area contributed by atoms with E-state index in [9.17, 15) is 9.18 Å². The van der Waals surface area contributed by atoms with Gasteiger partial charge in [0.05, 0.1) is 17.7 Å². The molecule has 0 aliphatic carbocycles. The van der Waals surface area contributed by atoms with Crippen LogP contribution in [-0.4, -0.2) is 34.3 Å². The first-order valence-electron chi connectivity index (χ1n) is 8.86. The Balaban J connectivity index is 1.67. The SMILES string of the molecule is CSc1nc(C(=O)NC(c2ccc(F)cc2)C2CCCO2)c2ccccn12. The highest BCUT2D eigenvalue weighted by molar-refractivity contribution is 7.98. The predicted octanol–water partition coefficient (Wildman–Crippen LogP) is 3.85. The zero-order chi connectivity index (χ0) is 18.8. The Hall–Kier alpha value is -2.38. The first-order chi connectivity index (χ1) is 13.2. The molecule has 1 saturated heterocycles. The van der Waals surface area contributed by atoms with Gasteiger partial charge in [-0.3, -0.25) is 9.20 Å². The number of imidazole rings is 1. The Morgan fingerprint density at radius 3 is 2.85 bits per heavy atom. The van der Waals surface area contributed by atoms with Gasteiger partial charge < -0.3 is 10.1 Å². The third-order valence-corrected chi connectivity index (χ3v) is 5.42. The van der Waals surface area contributed by atoms with Crippen molar-refractivity contribution in [1.82, 2.24) is 14.7 Å². The minimum atomic E-state index is -0.348. The molecule has 2 unspecified atom stereocenters. The number of carbonyl (C=O) groups excluding carboxylic acids is 1. The number of amides is 1. The zero-order valence-corrected chi connectivity index (χ0v) is 15.7. The molecule has 140 valence electrons. The van der Waals surface area contributed by atoms with Gasteiger partial charge in [-0.2, -0.15) is 0 Å². The molecule has 0 bridgehead atoms. The Morgan fingerprint density at radius 2 is 2.15 bits per heavy atom. The summed E-state index contributed by atoms with van der Waals surface area (Å²) in [4.78, 5) is 17.6. The van der Waals surface area contributed by atoms with Crippen LogP contribution in [0.4, 0.5) is 4.39 Å². The van der Waals surface area contributed by atoms with Crippen molar-refractivity contribution in [3.05, 3.63) is 65.7 Å². The smallest absolute Gasteiger partial charge is 0.272 e. The maximum atomic E-state index is 13.3. The second-order valence-corrected chi connectivity index (χ2v) is 7.23. The van der Waals surface area contributed by atoms with Gasteiger partial charge in [0, 0.05) is 12.8 Å². The topological polar surface area (TPSA) is 55.6 Å². The predicted molar refractivity (Wildman–Crippen MR) is 103 cm³/mol. The van der Waals surface area contributed by atoms with Gasteiger partial charge in [0.15, 0.2) is 10.9 Å². The number of benzene rings is 1. The third-order valence-electron chi connectivity index (χ3n) is 4.77. The molecule has 5 nitrogen and oxygen atoms in total. The summed E-state index contributed by atoms with van der Waals surface area (Å²) in [5.41, 5.74) is 1.96. The molecule has 3 aromatic rings. The van der Waals surface area contributed by atoms with E-state index >= 15 is 0 Å². The van der Waals surface area contributed by atoms with Gasteiger partial charge in [0.2, 0.25) is 0 Å². The van der Waals surface area contributed by atoms with E-state index in [4.69, 9.17) is 4.74 Å². The number of rotatable bonds is 5. The summed E-state index contributed by atoms with van der Waals surface area (Å²) in [5, 5.41) is 3.82. The van der Waals surface area contributed by atoms with Crippen LogP contribution in [0.3, 0.4) is 0 Å². The molecule has 3 heterocycles. The summed E-state index contributed by atoms with van der Waals surface area (Å²) in [7, 11) is 0. The lowest BCUT2D eigenvalue weighted by atomic mass is 9.99. The fourth-order valence-corrected chi connectivity index (χ4v) is 4.00. The maximum absolute atomic E-state index is 13.3. The fraction of sp³-hybridized carbons (Fsp3) is 0.300. The molecule has 7 heteroatoms. The standard InChI is InChI=1S/C20H20FN3O2S/c1-27-20-23-18(15-5-2-3-11-24(15)20)19(25)22-17(16-6-4-12-26-16)13-7-9-14(21)10-8-13/h2-3,5,7-11,16-17H,4,6,12H2,1H3,(H,22,25). The van der Waals surface area contributed by atoms with Crippen LogP contribution in [0.25, 0.3) is 5.52 Å². The van der Waals surface area contributed by atoms with Crippen LogP contribution < -0.4 is 5.32 Å². The molecule has 0 saturated carbocycles. The lowest BCUT2D eigenvalue weighted by molar-refractivity contribution is 0.0670. The van der Waals surface area contributed by atoms with Crippen molar-refractivity contribution < 1.29 is 13.9 Å². The average Bonchev–Trinajstić information content (AvgIpc) is 3.35. The van der Waals surface area contributed by atoms with Gasteiger partial charge >= 0.3 is 0 Å². The highest BCUT2D eigenvalue weighted by atomic mass is 32.2. The summed E-state index contributed by atoms with van der Waals surface area (Å²) < 4.78 is 21.1. The van der Waals surface area contributed by atoms with Crippen molar-refractivity contribution in [3.8, 4) is 0 Å². The van der Waals surface area contributed by atoms with Gasteiger partial charge in [-0.1, -0.05) is 30.0 Å². The van der Waals surface area contributed by atoms with Crippen molar-refractivity contribution in [2.75, 3.05) is 12.9 Å². The normalized spacial score (nSPS) is 17.9. The second-order valence-electron chi connectivity index (χ2n) is 6.46. The molecule has 1 aromatic carbocycles. The van der Waals surface area contributed by atoms with Crippen molar-refractivity contribution in [2.24, 2.45) is 0 Å². The molecule has 0 spiro atoms. The van der Waals surface area contributed by atoms with Crippen LogP contribution >= 0.6 is 11.8 Å². The fourth-order valence-electron chi connectivity index (χ4n) is 3.46. The quantitative estimate of drug-likeness (QED) is 0.678. The van der Waals surface area contributed by atoms with Gasteiger partial charge in [-0.05, 0) is 48.9 Å². The summed E-state index contributed by atoms with van der Waals surface area (Å²) in [5.74, 6) is -0.565. The van der Waals surface area contributed by atoms with Crippen molar-refractivity contribution in [2.45, 2.75) is 30.1 Å². The molecule has 1 aliphatic rings. The highest BCUT2D eigenvalue weighted by Crippen LogP contribution is 2.28. The van der Waals surface area contributed by atoms with Gasteiger partial charge in [0.1, 0.15) is 5.82 Å². The summed E-state index contributed by atoms with van der Waals surface area (Å²) in [6.45, 7) is 0.669. The average molecular weight is 385 g/mol. The first-order valence-corrected chi connectivity index (χ1v) is 10.1. The molecule has 2 aromatic heterocycles. The van der Waals surface area contributed by atoms with E-state index in [1.54, 1.807) is 12.1 Å². The molecule has 0 radical (unpaired) electrons. The number of hydrogen-bond acceptors (Lipinski definition) is 4. The van der Waals surface area contributed by atoms with Crippen LogP contribution in [0.2, 0.25) is 0 Å². The van der Waals surface area contributed by atoms with Crippen LogP contribution in [0.5, 0.6) is 0 Å². The maximum Gasteiger partial charge on any atom is 0.272 e. The first kappa shape index (κ1) is 18.0. The number of ether oxygens (including phenoxy) is 1. The number of halogens is 1. The number of pyridine rings is 1. The van der Waals surface area contributed by atoms with E-state index in [1.807, 2.05) is 35.1 Å². The molecular weight excluding hydrogens is 365 g/mol. The monoisotopic (exact) mass is 385 g/mol. The van der Waals surface area contributed by atoms with Crippen LogP contribution in [0.15, 0.2) is 53.8 Å². The number of fused-ring (bicyclic) bond motifs is 1. The van der Waals surface area contributed by atoms with Crippen molar-refractivity contribution in [3.63, 3.8) is 0 Å². The Kier molecular flexibility index (Phi) is 5.13. The number of thioether (sulfide) groups is 1. The lowest BCUT2D eigenvalue weighted by Gasteiger charge is -2.24. The summed E-state index contributed by atoms with van der Waals surface area (Å²) >= 11 is 1.48. The van der Waals surface area contributed by atoms with E-state index < -0.39 is 0 Å². The molecule has 2 atom stereocenters. The van der Waals surface area contributed by atoms with Crippen LogP contribution in [0, 0.1) is 5.82 Å². The van der Waals surface area contributed by atoms with Gasteiger partial charge in [-0.15, -0.1) is 0 Å². The minimum Gasteiger partial charge on any atom is -0.376 e. The van der Waals surface area contributed by atoms with Crippen molar-refractivity contribution >= 4 is 23.2 Å². The largest absolute Gasteiger partial charge is 0.376 e. The Morgan fingerprint density at radius 1 is 1.33 bits per heavy atom. The molecular formula is C20H20FN3O2S. The van der Waals surface area contributed by atoms with Crippen molar-refractivity contribution in [1.29, 1.82) is 0 Å². The minimum absolute atomic E-state index is 0.131. The number of nitrogens with zero attached hydrogens (tertiary/aromatic N) is 2. The van der Waals surface area contributed by atoms with E-state index in [-0.39, 0.29) is 23.9 Å². The summed E-state index contributed by atoms with van der Waals surface area (Å²) in [6.07, 6.45) is 5.48. The van der Waals surface area contributed by atoms with E-state index in [2.05, 4.69) is 10.3 Å².